The molecule has 1 heterocycles. The van der Waals surface area contributed by atoms with E-state index in [0.29, 0.717) is 16.3 Å². The summed E-state index contributed by atoms with van der Waals surface area (Å²) in [6.07, 6.45) is 3.95. The number of benzene rings is 1. The lowest BCUT2D eigenvalue weighted by molar-refractivity contribution is -0.114. The van der Waals surface area contributed by atoms with Gasteiger partial charge in [-0.3, -0.25) is 4.79 Å². The highest BCUT2D eigenvalue weighted by atomic mass is 32.1. The maximum absolute atomic E-state index is 12.5. The third-order valence-corrected chi connectivity index (χ3v) is 5.82. The summed E-state index contributed by atoms with van der Waals surface area (Å²) in [4.78, 5) is 25.9. The van der Waals surface area contributed by atoms with Gasteiger partial charge in [-0.05, 0) is 55.9 Å². The monoisotopic (exact) mass is 388 g/mol. The number of hydrogen-bond acceptors (Lipinski definition) is 6. The van der Waals surface area contributed by atoms with Gasteiger partial charge in [0, 0.05) is 4.88 Å². The van der Waals surface area contributed by atoms with E-state index in [1.165, 1.54) is 23.3 Å². The molecular formula is C20H24N2O4S. The molecule has 0 radical (unpaired) electrons. The van der Waals surface area contributed by atoms with Crippen molar-refractivity contribution in [3.63, 3.8) is 0 Å². The van der Waals surface area contributed by atoms with Gasteiger partial charge < -0.3 is 20.1 Å². The molecule has 0 bridgehead atoms. The minimum Gasteiger partial charge on any atom is -0.495 e. The van der Waals surface area contributed by atoms with E-state index in [4.69, 9.17) is 9.47 Å². The minimum absolute atomic E-state index is 0.0724. The number of nitrogens with one attached hydrogen (secondary N) is 2. The summed E-state index contributed by atoms with van der Waals surface area (Å²) in [7, 11) is 2.96. The van der Waals surface area contributed by atoms with Gasteiger partial charge in [0.05, 0.1) is 32.0 Å². The number of carbonyl (C=O) groups is 2. The van der Waals surface area contributed by atoms with Crippen LogP contribution in [0.5, 0.6) is 5.75 Å². The first kappa shape index (κ1) is 19.2. The number of esters is 1. The molecule has 0 spiro atoms. The van der Waals surface area contributed by atoms with Crippen molar-refractivity contribution in [2.75, 3.05) is 31.4 Å². The van der Waals surface area contributed by atoms with Crippen molar-refractivity contribution in [2.45, 2.75) is 32.6 Å². The number of fused-ring (bicyclic) bond motifs is 1. The third kappa shape index (κ3) is 4.24. The molecule has 7 heteroatoms. The topological polar surface area (TPSA) is 76.7 Å². The fraction of sp³-hybridized carbons (Fsp3) is 0.400. The molecule has 6 nitrogen and oxygen atoms in total. The molecule has 0 atom stereocenters. The second-order valence-corrected chi connectivity index (χ2v) is 7.62. The van der Waals surface area contributed by atoms with Crippen LogP contribution in [0.25, 0.3) is 0 Å². The van der Waals surface area contributed by atoms with Crippen molar-refractivity contribution in [3.8, 4) is 5.75 Å². The van der Waals surface area contributed by atoms with Crippen molar-refractivity contribution in [1.29, 1.82) is 0 Å². The summed E-state index contributed by atoms with van der Waals surface area (Å²) < 4.78 is 10.3. The van der Waals surface area contributed by atoms with Crippen molar-refractivity contribution in [1.82, 2.24) is 0 Å². The number of aryl methyl sites for hydroxylation is 2. The van der Waals surface area contributed by atoms with Gasteiger partial charge in [-0.1, -0.05) is 6.07 Å². The molecule has 0 fully saturated rings. The molecule has 2 N–H and O–H groups in total. The van der Waals surface area contributed by atoms with Gasteiger partial charge in [0.2, 0.25) is 5.91 Å². The summed E-state index contributed by atoms with van der Waals surface area (Å²) in [5.74, 6) is 0.0653. The average Bonchev–Trinajstić information content (AvgIpc) is 3.03. The summed E-state index contributed by atoms with van der Waals surface area (Å²) in [6, 6.07) is 5.73. The minimum atomic E-state index is -0.391. The van der Waals surface area contributed by atoms with Gasteiger partial charge in [0.1, 0.15) is 10.8 Å². The SMILES string of the molecule is COC(=O)c1c(NC(=O)CNc2cc(C)ccc2OC)sc2c1CCCC2. The number of amides is 1. The van der Waals surface area contributed by atoms with Crippen LogP contribution in [0, 0.1) is 6.92 Å². The van der Waals surface area contributed by atoms with E-state index in [1.54, 1.807) is 7.11 Å². The molecule has 2 aromatic rings. The van der Waals surface area contributed by atoms with Crippen molar-refractivity contribution in [3.05, 3.63) is 39.8 Å². The fourth-order valence-electron chi connectivity index (χ4n) is 3.28. The number of methoxy groups -OCH3 is 2. The Bertz CT molecular complexity index is 860. The molecule has 1 aliphatic rings. The Kier molecular flexibility index (Phi) is 6.01. The maximum atomic E-state index is 12.5. The molecule has 144 valence electrons. The lowest BCUT2D eigenvalue weighted by Gasteiger charge is -2.13. The summed E-state index contributed by atoms with van der Waals surface area (Å²) >= 11 is 1.48. The number of thiophene rings is 1. The van der Waals surface area contributed by atoms with Crippen LogP contribution < -0.4 is 15.4 Å². The Labute approximate surface area is 162 Å². The van der Waals surface area contributed by atoms with Crippen LogP contribution in [0.15, 0.2) is 18.2 Å². The molecule has 1 aromatic carbocycles. The van der Waals surface area contributed by atoms with E-state index in [-0.39, 0.29) is 12.5 Å². The molecule has 0 aliphatic heterocycles. The number of anilines is 2. The second kappa shape index (κ2) is 8.43. The first-order valence-corrected chi connectivity index (χ1v) is 9.76. The number of carbonyl (C=O) groups excluding carboxylic acids is 2. The Hall–Kier alpha value is -2.54. The van der Waals surface area contributed by atoms with Crippen LogP contribution in [0.3, 0.4) is 0 Å². The first-order chi connectivity index (χ1) is 13.0. The second-order valence-electron chi connectivity index (χ2n) is 6.51. The molecular weight excluding hydrogens is 364 g/mol. The van der Waals surface area contributed by atoms with Crippen LogP contribution in [0.1, 0.15) is 39.2 Å². The fourth-order valence-corrected chi connectivity index (χ4v) is 4.57. The molecule has 1 aromatic heterocycles. The highest BCUT2D eigenvalue weighted by molar-refractivity contribution is 7.17. The molecule has 1 amide bonds. The predicted molar refractivity (Wildman–Crippen MR) is 107 cm³/mol. The van der Waals surface area contributed by atoms with Gasteiger partial charge in [-0.15, -0.1) is 11.3 Å². The zero-order valence-corrected chi connectivity index (χ0v) is 16.6. The third-order valence-electron chi connectivity index (χ3n) is 4.61. The molecule has 27 heavy (non-hydrogen) atoms. The van der Waals surface area contributed by atoms with Gasteiger partial charge >= 0.3 is 5.97 Å². The zero-order chi connectivity index (χ0) is 19.4. The van der Waals surface area contributed by atoms with Crippen LogP contribution >= 0.6 is 11.3 Å². The lowest BCUT2D eigenvalue weighted by Crippen LogP contribution is -2.22. The highest BCUT2D eigenvalue weighted by Crippen LogP contribution is 2.38. The standard InChI is InChI=1S/C20H24N2O4S/c1-12-8-9-15(25-2)14(10-12)21-11-17(23)22-19-18(20(24)26-3)13-6-4-5-7-16(13)27-19/h8-10,21H,4-7,11H2,1-3H3,(H,22,23). The Balaban J connectivity index is 1.74. The van der Waals surface area contributed by atoms with Crippen molar-refractivity contribution >= 4 is 33.9 Å². The van der Waals surface area contributed by atoms with Gasteiger partial charge in [0.15, 0.2) is 0 Å². The lowest BCUT2D eigenvalue weighted by atomic mass is 9.95. The van der Waals surface area contributed by atoms with Crippen molar-refractivity contribution in [2.24, 2.45) is 0 Å². The maximum Gasteiger partial charge on any atom is 0.341 e. The van der Waals surface area contributed by atoms with E-state index in [0.717, 1.165) is 42.5 Å². The van der Waals surface area contributed by atoms with Crippen molar-refractivity contribution < 1.29 is 19.1 Å². The smallest absolute Gasteiger partial charge is 0.341 e. The van der Waals surface area contributed by atoms with Crippen LogP contribution in [-0.2, 0) is 22.4 Å². The summed E-state index contributed by atoms with van der Waals surface area (Å²) in [5, 5.41) is 6.56. The molecule has 0 saturated carbocycles. The molecule has 1 aliphatic carbocycles. The Morgan fingerprint density at radius 1 is 1.19 bits per heavy atom. The molecule has 0 saturated heterocycles. The number of hydrogen-bond donors (Lipinski definition) is 2. The summed E-state index contributed by atoms with van der Waals surface area (Å²) in [5.41, 5.74) is 3.37. The predicted octanol–water partition coefficient (Wildman–Crippen LogP) is 3.78. The highest BCUT2D eigenvalue weighted by Gasteiger charge is 2.26. The summed E-state index contributed by atoms with van der Waals surface area (Å²) in [6.45, 7) is 2.05. The quantitative estimate of drug-likeness (QED) is 0.737. The van der Waals surface area contributed by atoms with E-state index >= 15 is 0 Å². The van der Waals surface area contributed by atoms with E-state index in [1.807, 2.05) is 25.1 Å². The largest absolute Gasteiger partial charge is 0.495 e. The van der Waals surface area contributed by atoms with Crippen LogP contribution in [0.4, 0.5) is 10.7 Å². The number of ether oxygens (including phenoxy) is 2. The molecule has 3 rings (SSSR count). The van der Waals surface area contributed by atoms with E-state index < -0.39 is 5.97 Å². The normalized spacial score (nSPS) is 12.9. The van der Waals surface area contributed by atoms with Crippen LogP contribution in [-0.4, -0.2) is 32.6 Å². The number of rotatable bonds is 6. The van der Waals surface area contributed by atoms with E-state index in [9.17, 15) is 9.59 Å². The van der Waals surface area contributed by atoms with E-state index in [2.05, 4.69) is 10.6 Å². The Morgan fingerprint density at radius 3 is 2.70 bits per heavy atom. The first-order valence-electron chi connectivity index (χ1n) is 8.94. The average molecular weight is 388 g/mol. The molecule has 0 unspecified atom stereocenters. The zero-order valence-electron chi connectivity index (χ0n) is 15.8. The van der Waals surface area contributed by atoms with Crippen LogP contribution in [0.2, 0.25) is 0 Å². The van der Waals surface area contributed by atoms with Gasteiger partial charge in [0.25, 0.3) is 0 Å². The van der Waals surface area contributed by atoms with Gasteiger partial charge in [-0.2, -0.15) is 0 Å². The van der Waals surface area contributed by atoms with Gasteiger partial charge in [-0.25, -0.2) is 4.79 Å². The Morgan fingerprint density at radius 2 is 1.96 bits per heavy atom.